The summed E-state index contributed by atoms with van der Waals surface area (Å²) < 4.78 is 0. The summed E-state index contributed by atoms with van der Waals surface area (Å²) in [4.78, 5) is 0. The second-order valence-electron chi connectivity index (χ2n) is 4.93. The van der Waals surface area contributed by atoms with Crippen molar-refractivity contribution in [2.45, 2.75) is 20.8 Å². The van der Waals surface area contributed by atoms with E-state index >= 15 is 0 Å². The zero-order chi connectivity index (χ0) is 12.0. The van der Waals surface area contributed by atoms with E-state index in [1.54, 1.807) is 0 Å². The largest absolute Gasteiger partial charge is 0.0587 e. The van der Waals surface area contributed by atoms with Crippen molar-refractivity contribution >= 4 is 21.5 Å². The van der Waals surface area contributed by atoms with Crippen molar-refractivity contribution in [2.24, 2.45) is 0 Å². The molecule has 3 aromatic carbocycles. The minimum Gasteiger partial charge on any atom is -0.0587 e. The molecule has 0 atom stereocenters. The van der Waals surface area contributed by atoms with Gasteiger partial charge >= 0.3 is 0 Å². The van der Waals surface area contributed by atoms with Crippen LogP contribution in [0.5, 0.6) is 0 Å². The van der Waals surface area contributed by atoms with Crippen LogP contribution in [0.15, 0.2) is 42.5 Å². The Morgan fingerprint density at radius 2 is 1.41 bits per heavy atom. The maximum absolute atomic E-state index is 2.32. The van der Waals surface area contributed by atoms with Crippen molar-refractivity contribution in [3.63, 3.8) is 0 Å². The molecule has 0 aromatic heterocycles. The molecule has 17 heavy (non-hydrogen) atoms. The van der Waals surface area contributed by atoms with Gasteiger partial charge in [0.05, 0.1) is 0 Å². The average Bonchev–Trinajstić information content (AvgIpc) is 2.32. The van der Waals surface area contributed by atoms with Gasteiger partial charge in [-0.1, -0.05) is 35.9 Å². The maximum atomic E-state index is 2.32. The fourth-order valence-corrected chi connectivity index (χ4v) is 2.45. The summed E-state index contributed by atoms with van der Waals surface area (Å²) in [7, 11) is 0. The number of rotatable bonds is 0. The van der Waals surface area contributed by atoms with E-state index in [-0.39, 0.29) is 0 Å². The van der Waals surface area contributed by atoms with Crippen LogP contribution in [-0.4, -0.2) is 0 Å². The van der Waals surface area contributed by atoms with Gasteiger partial charge in [0.15, 0.2) is 0 Å². The quantitative estimate of drug-likeness (QED) is 0.472. The molecule has 0 saturated carbocycles. The van der Waals surface area contributed by atoms with Gasteiger partial charge < -0.3 is 0 Å². The van der Waals surface area contributed by atoms with E-state index in [1.807, 2.05) is 0 Å². The van der Waals surface area contributed by atoms with Crippen LogP contribution in [0.2, 0.25) is 0 Å². The lowest BCUT2D eigenvalue weighted by molar-refractivity contribution is 1.38. The Hall–Kier alpha value is -1.82. The molecule has 0 spiro atoms. The highest BCUT2D eigenvalue weighted by atomic mass is 14.1. The Morgan fingerprint density at radius 1 is 0.647 bits per heavy atom. The lowest BCUT2D eigenvalue weighted by atomic mass is 9.97. The molecule has 0 radical (unpaired) electrons. The number of hydrogen-bond donors (Lipinski definition) is 0. The number of benzene rings is 3. The lowest BCUT2D eigenvalue weighted by Gasteiger charge is -2.08. The maximum Gasteiger partial charge on any atom is -0.0146 e. The van der Waals surface area contributed by atoms with Gasteiger partial charge in [0.2, 0.25) is 0 Å². The van der Waals surface area contributed by atoms with Crippen molar-refractivity contribution in [1.82, 2.24) is 0 Å². The molecular weight excluding hydrogens is 204 g/mol. The molecule has 0 N–H and O–H groups in total. The van der Waals surface area contributed by atoms with E-state index in [9.17, 15) is 0 Å². The Labute approximate surface area is 102 Å². The Kier molecular flexibility index (Phi) is 2.19. The third-order valence-electron chi connectivity index (χ3n) is 3.67. The van der Waals surface area contributed by atoms with E-state index < -0.39 is 0 Å². The number of aryl methyl sites for hydroxylation is 3. The van der Waals surface area contributed by atoms with Gasteiger partial charge in [0.1, 0.15) is 0 Å². The van der Waals surface area contributed by atoms with Crippen LogP contribution >= 0.6 is 0 Å². The average molecular weight is 220 g/mol. The molecule has 0 fully saturated rings. The van der Waals surface area contributed by atoms with Crippen LogP contribution in [0.3, 0.4) is 0 Å². The summed E-state index contributed by atoms with van der Waals surface area (Å²) in [6.45, 7) is 6.53. The Bertz CT molecular complexity index is 721. The molecule has 84 valence electrons. The van der Waals surface area contributed by atoms with Gasteiger partial charge in [0.25, 0.3) is 0 Å². The first-order chi connectivity index (χ1) is 8.15. The highest BCUT2D eigenvalue weighted by Crippen LogP contribution is 2.27. The summed E-state index contributed by atoms with van der Waals surface area (Å²) in [5.74, 6) is 0. The van der Waals surface area contributed by atoms with Crippen molar-refractivity contribution in [2.75, 3.05) is 0 Å². The van der Waals surface area contributed by atoms with E-state index in [0.29, 0.717) is 0 Å². The zero-order valence-electron chi connectivity index (χ0n) is 10.5. The first-order valence-electron chi connectivity index (χ1n) is 6.05. The van der Waals surface area contributed by atoms with Crippen LogP contribution in [0, 0.1) is 20.8 Å². The molecule has 3 rings (SSSR count). The second kappa shape index (κ2) is 3.59. The third-order valence-corrected chi connectivity index (χ3v) is 3.67. The smallest absolute Gasteiger partial charge is 0.0146 e. The molecule has 0 unspecified atom stereocenters. The predicted octanol–water partition coefficient (Wildman–Crippen LogP) is 4.92. The molecule has 0 amide bonds. The van der Waals surface area contributed by atoms with Gasteiger partial charge in [-0.05, 0) is 65.6 Å². The molecule has 0 heteroatoms. The standard InChI is InChI=1S/C17H16/c1-11-4-6-14-9-15-7-5-12(2)13(3)17(15)10-16(14)8-11/h4-10H,1-3H3. The van der Waals surface area contributed by atoms with E-state index in [2.05, 4.69) is 63.2 Å². The second-order valence-corrected chi connectivity index (χ2v) is 4.93. The molecule has 0 nitrogen and oxygen atoms in total. The summed E-state index contributed by atoms with van der Waals surface area (Å²) in [5, 5.41) is 5.38. The highest BCUT2D eigenvalue weighted by Gasteiger charge is 2.02. The molecule has 0 aliphatic rings. The summed E-state index contributed by atoms with van der Waals surface area (Å²) in [6.07, 6.45) is 0. The van der Waals surface area contributed by atoms with Crippen molar-refractivity contribution < 1.29 is 0 Å². The molecule has 0 heterocycles. The first-order valence-corrected chi connectivity index (χ1v) is 6.05. The minimum absolute atomic E-state index is 1.32. The SMILES string of the molecule is Cc1ccc2cc3ccc(C)c(C)c3cc2c1. The summed E-state index contributed by atoms with van der Waals surface area (Å²) in [6, 6.07) is 15.7. The van der Waals surface area contributed by atoms with Gasteiger partial charge in [-0.15, -0.1) is 0 Å². The molecule has 3 aromatic rings. The summed E-state index contributed by atoms with van der Waals surface area (Å²) >= 11 is 0. The Morgan fingerprint density at radius 3 is 2.24 bits per heavy atom. The monoisotopic (exact) mass is 220 g/mol. The highest BCUT2D eigenvalue weighted by molar-refractivity contribution is 6.00. The molecule has 0 aliphatic carbocycles. The zero-order valence-corrected chi connectivity index (χ0v) is 10.5. The van der Waals surface area contributed by atoms with Crippen LogP contribution in [-0.2, 0) is 0 Å². The normalized spacial score (nSPS) is 11.2. The van der Waals surface area contributed by atoms with E-state index in [4.69, 9.17) is 0 Å². The van der Waals surface area contributed by atoms with Crippen LogP contribution < -0.4 is 0 Å². The Balaban J connectivity index is 2.48. The van der Waals surface area contributed by atoms with Crippen LogP contribution in [0.4, 0.5) is 0 Å². The van der Waals surface area contributed by atoms with Gasteiger partial charge in [-0.25, -0.2) is 0 Å². The van der Waals surface area contributed by atoms with Crippen molar-refractivity contribution in [3.8, 4) is 0 Å². The molecule has 0 aliphatic heterocycles. The molecule has 0 bridgehead atoms. The third kappa shape index (κ3) is 1.61. The van der Waals surface area contributed by atoms with Crippen molar-refractivity contribution in [3.05, 3.63) is 59.2 Å². The number of hydrogen-bond acceptors (Lipinski definition) is 0. The van der Waals surface area contributed by atoms with Crippen LogP contribution in [0.25, 0.3) is 21.5 Å². The molecular formula is C17H16. The minimum atomic E-state index is 1.32. The fourth-order valence-electron chi connectivity index (χ4n) is 2.45. The van der Waals surface area contributed by atoms with Gasteiger partial charge in [-0.2, -0.15) is 0 Å². The summed E-state index contributed by atoms with van der Waals surface area (Å²) in [5.41, 5.74) is 4.08. The van der Waals surface area contributed by atoms with Gasteiger partial charge in [-0.3, -0.25) is 0 Å². The first kappa shape index (κ1) is 10.3. The lowest BCUT2D eigenvalue weighted by Crippen LogP contribution is -1.85. The van der Waals surface area contributed by atoms with Crippen LogP contribution in [0.1, 0.15) is 16.7 Å². The van der Waals surface area contributed by atoms with Gasteiger partial charge in [0, 0.05) is 0 Å². The molecule has 0 saturated heterocycles. The predicted molar refractivity (Wildman–Crippen MR) is 75.7 cm³/mol. The fraction of sp³-hybridized carbons (Fsp3) is 0.176. The number of fused-ring (bicyclic) bond motifs is 2. The van der Waals surface area contributed by atoms with Crippen molar-refractivity contribution in [1.29, 1.82) is 0 Å². The van der Waals surface area contributed by atoms with E-state index in [0.717, 1.165) is 0 Å². The topological polar surface area (TPSA) is 0 Å². The van der Waals surface area contributed by atoms with E-state index in [1.165, 1.54) is 38.2 Å².